The van der Waals surface area contributed by atoms with E-state index in [9.17, 15) is 9.59 Å². The first-order valence-corrected chi connectivity index (χ1v) is 6.81. The van der Waals surface area contributed by atoms with E-state index in [0.717, 1.165) is 6.08 Å². The first-order valence-electron chi connectivity index (χ1n) is 6.81. The Morgan fingerprint density at radius 3 is 2.62 bits per heavy atom. The minimum Gasteiger partial charge on any atom is -0.479 e. The molecule has 1 aliphatic rings. The smallest absolute Gasteiger partial charge is 0.379 e. The molecule has 0 N–H and O–H groups in total. The topological polar surface area (TPSA) is 61.8 Å². The molecule has 1 aliphatic heterocycles. The molecule has 1 unspecified atom stereocenters. The molecule has 0 amide bonds. The molecule has 0 saturated carbocycles. The highest BCUT2D eigenvalue weighted by Gasteiger charge is 2.32. The van der Waals surface area contributed by atoms with E-state index in [0.29, 0.717) is 18.4 Å². The van der Waals surface area contributed by atoms with Crippen molar-refractivity contribution in [2.75, 3.05) is 6.61 Å². The number of cyclic esters (lactones) is 1. The number of carbonyl (C=O) groups is 2. The first kappa shape index (κ1) is 16.8. The molecule has 0 radical (unpaired) electrons. The second kappa shape index (κ2) is 8.09. The van der Waals surface area contributed by atoms with Gasteiger partial charge in [-0.3, -0.25) is 0 Å². The zero-order valence-electron chi connectivity index (χ0n) is 12.4. The molecule has 21 heavy (non-hydrogen) atoms. The van der Waals surface area contributed by atoms with Gasteiger partial charge >= 0.3 is 11.9 Å². The predicted octanol–water partition coefficient (Wildman–Crippen LogP) is 2.80. The molecule has 0 bridgehead atoms. The lowest BCUT2D eigenvalue weighted by molar-refractivity contribution is -0.138. The average Bonchev–Trinajstić information content (AvgIpc) is 2.73. The van der Waals surface area contributed by atoms with Gasteiger partial charge in [0.2, 0.25) is 5.76 Å². The van der Waals surface area contributed by atoms with Gasteiger partial charge in [-0.05, 0) is 19.8 Å². The van der Waals surface area contributed by atoms with E-state index in [1.807, 2.05) is 6.92 Å². The van der Waals surface area contributed by atoms with Crippen LogP contribution < -0.4 is 0 Å². The van der Waals surface area contributed by atoms with Crippen molar-refractivity contribution in [2.45, 2.75) is 32.8 Å². The molecule has 1 rings (SSSR count). The highest BCUT2D eigenvalue weighted by Crippen LogP contribution is 2.31. The van der Waals surface area contributed by atoms with Crippen LogP contribution in [0.5, 0.6) is 0 Å². The van der Waals surface area contributed by atoms with Crippen LogP contribution in [-0.4, -0.2) is 24.6 Å². The summed E-state index contributed by atoms with van der Waals surface area (Å²) >= 11 is 0. The summed E-state index contributed by atoms with van der Waals surface area (Å²) in [7, 11) is 0. The van der Waals surface area contributed by atoms with Crippen molar-refractivity contribution in [3.8, 4) is 0 Å². The van der Waals surface area contributed by atoms with Gasteiger partial charge in [0, 0.05) is 5.57 Å². The standard InChI is InChI=1S/C16H20O5/c1-5-9-12-13(10-14(17)19-8-4)21-16(18)15(12)20-11(6-2)7-3/h5-6,10-11H,1-2,7-9H2,3-4H3/b13-10-. The zero-order valence-corrected chi connectivity index (χ0v) is 12.4. The fraction of sp³-hybridized carbons (Fsp3) is 0.375. The van der Waals surface area contributed by atoms with Crippen molar-refractivity contribution in [3.63, 3.8) is 0 Å². The minimum absolute atomic E-state index is 0.0946. The maximum atomic E-state index is 11.9. The molecule has 0 saturated heterocycles. The summed E-state index contributed by atoms with van der Waals surface area (Å²) in [5, 5.41) is 0. The Balaban J connectivity index is 3.10. The first-order chi connectivity index (χ1) is 10.1. The summed E-state index contributed by atoms with van der Waals surface area (Å²) in [4.78, 5) is 23.4. The number of allylic oxidation sites excluding steroid dienone is 2. The molecule has 0 aromatic carbocycles. The van der Waals surface area contributed by atoms with Gasteiger partial charge in [-0.15, -0.1) is 6.58 Å². The van der Waals surface area contributed by atoms with E-state index in [1.165, 1.54) is 0 Å². The fourth-order valence-corrected chi connectivity index (χ4v) is 1.76. The van der Waals surface area contributed by atoms with Crippen molar-refractivity contribution in [1.82, 2.24) is 0 Å². The van der Waals surface area contributed by atoms with Gasteiger partial charge in [0.15, 0.2) is 0 Å². The summed E-state index contributed by atoms with van der Waals surface area (Å²) in [5.41, 5.74) is 0.489. The highest BCUT2D eigenvalue weighted by molar-refractivity contribution is 5.94. The molecular formula is C16H20O5. The predicted molar refractivity (Wildman–Crippen MR) is 78.0 cm³/mol. The van der Waals surface area contributed by atoms with E-state index < -0.39 is 11.9 Å². The van der Waals surface area contributed by atoms with E-state index in [-0.39, 0.29) is 24.2 Å². The normalized spacial score (nSPS) is 17.4. The average molecular weight is 292 g/mol. The summed E-state index contributed by atoms with van der Waals surface area (Å²) in [6.45, 7) is 11.1. The van der Waals surface area contributed by atoms with E-state index in [2.05, 4.69) is 13.2 Å². The van der Waals surface area contributed by atoms with Crippen LogP contribution in [0, 0.1) is 0 Å². The van der Waals surface area contributed by atoms with Crippen LogP contribution >= 0.6 is 0 Å². The van der Waals surface area contributed by atoms with Gasteiger partial charge in [-0.2, -0.15) is 0 Å². The zero-order chi connectivity index (χ0) is 15.8. The van der Waals surface area contributed by atoms with Crippen molar-refractivity contribution >= 4 is 11.9 Å². The number of rotatable bonds is 8. The molecule has 1 heterocycles. The van der Waals surface area contributed by atoms with Crippen molar-refractivity contribution in [3.05, 3.63) is 48.5 Å². The SMILES string of the molecule is C=CCC1=C(OC(C=C)CC)C(=O)O/C1=C\C(=O)OCC. The Kier molecular flexibility index (Phi) is 6.46. The summed E-state index contributed by atoms with van der Waals surface area (Å²) in [6.07, 6.45) is 5.08. The molecule has 0 fully saturated rings. The van der Waals surface area contributed by atoms with Gasteiger partial charge in [0.1, 0.15) is 11.9 Å². The van der Waals surface area contributed by atoms with Crippen LogP contribution in [0.4, 0.5) is 0 Å². The summed E-state index contributed by atoms with van der Waals surface area (Å²) in [5.74, 6) is -0.953. The molecule has 0 spiro atoms. The minimum atomic E-state index is -0.623. The number of ether oxygens (including phenoxy) is 3. The van der Waals surface area contributed by atoms with Crippen molar-refractivity contribution < 1.29 is 23.8 Å². The highest BCUT2D eigenvalue weighted by atomic mass is 16.6. The molecule has 0 aromatic heterocycles. The fourth-order valence-electron chi connectivity index (χ4n) is 1.76. The van der Waals surface area contributed by atoms with Gasteiger partial charge in [-0.25, -0.2) is 9.59 Å². The quantitative estimate of drug-likeness (QED) is 0.391. The molecule has 5 heteroatoms. The third-order valence-electron chi connectivity index (χ3n) is 2.78. The lowest BCUT2D eigenvalue weighted by Gasteiger charge is -2.12. The number of carbonyl (C=O) groups excluding carboxylic acids is 2. The van der Waals surface area contributed by atoms with Gasteiger partial charge in [0.25, 0.3) is 0 Å². The third kappa shape index (κ3) is 4.34. The van der Waals surface area contributed by atoms with Crippen LogP contribution in [-0.2, 0) is 23.8 Å². The Morgan fingerprint density at radius 1 is 1.38 bits per heavy atom. The van der Waals surface area contributed by atoms with E-state index in [4.69, 9.17) is 14.2 Å². The Morgan fingerprint density at radius 2 is 2.10 bits per heavy atom. The maximum Gasteiger partial charge on any atom is 0.379 e. The number of esters is 2. The summed E-state index contributed by atoms with van der Waals surface area (Å²) < 4.78 is 15.5. The lowest BCUT2D eigenvalue weighted by Crippen LogP contribution is -2.12. The van der Waals surface area contributed by atoms with E-state index in [1.54, 1.807) is 19.1 Å². The molecular weight excluding hydrogens is 272 g/mol. The Labute approximate surface area is 124 Å². The number of hydrogen-bond acceptors (Lipinski definition) is 5. The van der Waals surface area contributed by atoms with Crippen molar-refractivity contribution in [2.24, 2.45) is 0 Å². The Bertz CT molecular complexity index is 499. The van der Waals surface area contributed by atoms with E-state index >= 15 is 0 Å². The molecule has 0 aromatic rings. The van der Waals surface area contributed by atoms with Gasteiger partial charge < -0.3 is 14.2 Å². The van der Waals surface area contributed by atoms with Crippen LogP contribution in [0.1, 0.15) is 26.7 Å². The lowest BCUT2D eigenvalue weighted by atomic mass is 10.1. The van der Waals surface area contributed by atoms with Crippen LogP contribution in [0.3, 0.4) is 0 Å². The monoisotopic (exact) mass is 292 g/mol. The van der Waals surface area contributed by atoms with Gasteiger partial charge in [-0.1, -0.05) is 25.7 Å². The molecule has 0 aliphatic carbocycles. The molecule has 1 atom stereocenters. The van der Waals surface area contributed by atoms with Crippen LogP contribution in [0.25, 0.3) is 0 Å². The van der Waals surface area contributed by atoms with Crippen LogP contribution in [0.2, 0.25) is 0 Å². The second-order valence-corrected chi connectivity index (χ2v) is 4.25. The Hall–Kier alpha value is -2.30. The van der Waals surface area contributed by atoms with Crippen molar-refractivity contribution in [1.29, 1.82) is 0 Å². The second-order valence-electron chi connectivity index (χ2n) is 4.25. The van der Waals surface area contributed by atoms with Crippen LogP contribution in [0.15, 0.2) is 48.5 Å². The molecule has 5 nitrogen and oxygen atoms in total. The molecule has 114 valence electrons. The number of hydrogen-bond donors (Lipinski definition) is 0. The maximum absolute atomic E-state index is 11.9. The van der Waals surface area contributed by atoms with Gasteiger partial charge in [0.05, 0.1) is 12.7 Å². The largest absolute Gasteiger partial charge is 0.479 e. The third-order valence-corrected chi connectivity index (χ3v) is 2.78. The summed E-state index contributed by atoms with van der Waals surface area (Å²) in [6, 6.07) is 0.